The van der Waals surface area contributed by atoms with Gasteiger partial charge in [-0.05, 0) is 45.3 Å². The molecule has 1 unspecified atom stereocenters. The molecular formula is C10H18N2O2. The fourth-order valence-electron chi connectivity index (χ4n) is 2.62. The lowest BCUT2D eigenvalue weighted by molar-refractivity contribution is -0.152. The van der Waals surface area contributed by atoms with Crippen molar-refractivity contribution in [3.05, 3.63) is 0 Å². The number of aliphatic carboxylic acids is 1. The van der Waals surface area contributed by atoms with Gasteiger partial charge in [0.05, 0.1) is 0 Å². The van der Waals surface area contributed by atoms with Crippen LogP contribution in [0.25, 0.3) is 0 Å². The highest BCUT2D eigenvalue weighted by Crippen LogP contribution is 2.28. The predicted molar refractivity (Wildman–Crippen MR) is 53.3 cm³/mol. The highest BCUT2D eigenvalue weighted by atomic mass is 16.4. The molecule has 0 spiro atoms. The van der Waals surface area contributed by atoms with Crippen LogP contribution in [0.5, 0.6) is 0 Å². The maximum Gasteiger partial charge on any atom is 0.325 e. The summed E-state index contributed by atoms with van der Waals surface area (Å²) in [6, 6.07) is 0. The molecule has 80 valence electrons. The number of hydrogen-bond donors (Lipinski definition) is 2. The van der Waals surface area contributed by atoms with Gasteiger partial charge in [0.25, 0.3) is 0 Å². The molecule has 4 nitrogen and oxygen atoms in total. The molecular weight excluding hydrogens is 180 g/mol. The molecule has 0 radical (unpaired) electrons. The third-order valence-electron chi connectivity index (χ3n) is 3.47. The van der Waals surface area contributed by atoms with Crippen LogP contribution in [0.15, 0.2) is 0 Å². The molecule has 2 aliphatic rings. The zero-order valence-corrected chi connectivity index (χ0v) is 8.46. The van der Waals surface area contributed by atoms with Crippen LogP contribution in [0.4, 0.5) is 0 Å². The lowest BCUT2D eigenvalue weighted by atomic mass is 9.88. The standard InChI is InChI=1S/C10H18N2O2/c13-9(14)10(4-3-5-11-8-10)12-6-1-2-7-12/h11H,1-8H2,(H,13,14). The van der Waals surface area contributed by atoms with Gasteiger partial charge in [0.1, 0.15) is 5.54 Å². The normalized spacial score (nSPS) is 34.6. The first-order valence-electron chi connectivity index (χ1n) is 5.45. The molecule has 0 amide bonds. The number of rotatable bonds is 2. The summed E-state index contributed by atoms with van der Waals surface area (Å²) in [7, 11) is 0. The number of hydrogen-bond acceptors (Lipinski definition) is 3. The molecule has 2 saturated heterocycles. The summed E-state index contributed by atoms with van der Waals surface area (Å²) in [6.07, 6.45) is 4.07. The van der Waals surface area contributed by atoms with E-state index < -0.39 is 11.5 Å². The van der Waals surface area contributed by atoms with E-state index in [-0.39, 0.29) is 0 Å². The Labute approximate surface area is 84.3 Å². The second-order valence-corrected chi connectivity index (χ2v) is 4.31. The number of carbonyl (C=O) groups is 1. The van der Waals surface area contributed by atoms with Crippen LogP contribution in [0, 0.1) is 0 Å². The van der Waals surface area contributed by atoms with Gasteiger partial charge < -0.3 is 10.4 Å². The van der Waals surface area contributed by atoms with Crippen molar-refractivity contribution in [1.82, 2.24) is 10.2 Å². The third-order valence-corrected chi connectivity index (χ3v) is 3.47. The van der Waals surface area contributed by atoms with Crippen LogP contribution < -0.4 is 5.32 Å². The van der Waals surface area contributed by atoms with Gasteiger partial charge in [0, 0.05) is 6.54 Å². The van der Waals surface area contributed by atoms with Gasteiger partial charge in [0.15, 0.2) is 0 Å². The molecule has 0 aromatic rings. The van der Waals surface area contributed by atoms with Crippen LogP contribution in [-0.2, 0) is 4.79 Å². The molecule has 2 rings (SSSR count). The van der Waals surface area contributed by atoms with Crippen molar-refractivity contribution in [2.24, 2.45) is 0 Å². The van der Waals surface area contributed by atoms with E-state index in [1.165, 1.54) is 0 Å². The van der Waals surface area contributed by atoms with E-state index in [2.05, 4.69) is 10.2 Å². The van der Waals surface area contributed by atoms with E-state index in [0.717, 1.165) is 45.3 Å². The number of carboxylic acid groups (broad SMARTS) is 1. The minimum atomic E-state index is -0.647. The largest absolute Gasteiger partial charge is 0.480 e. The summed E-state index contributed by atoms with van der Waals surface area (Å²) in [4.78, 5) is 13.5. The number of nitrogens with one attached hydrogen (secondary N) is 1. The summed E-state index contributed by atoms with van der Waals surface area (Å²) in [5, 5.41) is 12.6. The maximum absolute atomic E-state index is 11.4. The Morgan fingerprint density at radius 2 is 2.00 bits per heavy atom. The minimum absolute atomic E-state index is 0.602. The third kappa shape index (κ3) is 1.53. The smallest absolute Gasteiger partial charge is 0.325 e. The summed E-state index contributed by atoms with van der Waals surface area (Å²) in [5.41, 5.74) is -0.602. The fraction of sp³-hybridized carbons (Fsp3) is 0.900. The minimum Gasteiger partial charge on any atom is -0.480 e. The van der Waals surface area contributed by atoms with Crippen molar-refractivity contribution in [2.45, 2.75) is 31.2 Å². The maximum atomic E-state index is 11.4. The lowest BCUT2D eigenvalue weighted by Gasteiger charge is -2.41. The second kappa shape index (κ2) is 3.87. The molecule has 2 aliphatic heterocycles. The van der Waals surface area contributed by atoms with E-state index in [1.54, 1.807) is 0 Å². The second-order valence-electron chi connectivity index (χ2n) is 4.31. The van der Waals surface area contributed by atoms with Crippen LogP contribution >= 0.6 is 0 Å². The molecule has 0 bridgehead atoms. The molecule has 0 saturated carbocycles. The number of nitrogens with zero attached hydrogens (tertiary/aromatic N) is 1. The van der Waals surface area contributed by atoms with E-state index in [1.807, 2.05) is 0 Å². The van der Waals surface area contributed by atoms with Crippen molar-refractivity contribution in [3.63, 3.8) is 0 Å². The average Bonchev–Trinajstić information content (AvgIpc) is 2.72. The summed E-state index contributed by atoms with van der Waals surface area (Å²) in [5.74, 6) is -0.647. The predicted octanol–water partition coefficient (Wildman–Crippen LogP) is 0.289. The Kier molecular flexibility index (Phi) is 2.74. The molecule has 14 heavy (non-hydrogen) atoms. The van der Waals surface area contributed by atoms with E-state index in [0.29, 0.717) is 6.54 Å². The molecule has 0 aromatic heterocycles. The van der Waals surface area contributed by atoms with Crippen LogP contribution in [0.2, 0.25) is 0 Å². The van der Waals surface area contributed by atoms with Crippen molar-refractivity contribution < 1.29 is 9.90 Å². The zero-order chi connectivity index (χ0) is 10.0. The monoisotopic (exact) mass is 198 g/mol. The number of likely N-dealkylation sites (tertiary alicyclic amines) is 1. The zero-order valence-electron chi connectivity index (χ0n) is 8.46. The van der Waals surface area contributed by atoms with Crippen LogP contribution in [0.1, 0.15) is 25.7 Å². The van der Waals surface area contributed by atoms with Gasteiger partial charge in [-0.3, -0.25) is 9.69 Å². The van der Waals surface area contributed by atoms with Crippen LogP contribution in [0.3, 0.4) is 0 Å². The van der Waals surface area contributed by atoms with Gasteiger partial charge >= 0.3 is 5.97 Å². The van der Waals surface area contributed by atoms with Gasteiger partial charge in [0.2, 0.25) is 0 Å². The Morgan fingerprint density at radius 3 is 2.50 bits per heavy atom. The summed E-state index contributed by atoms with van der Waals surface area (Å²) >= 11 is 0. The first-order valence-corrected chi connectivity index (χ1v) is 5.45. The topological polar surface area (TPSA) is 52.6 Å². The highest BCUT2D eigenvalue weighted by Gasteiger charge is 2.45. The Morgan fingerprint density at radius 1 is 1.29 bits per heavy atom. The van der Waals surface area contributed by atoms with Crippen molar-refractivity contribution >= 4 is 5.97 Å². The Bertz CT molecular complexity index is 218. The fourth-order valence-corrected chi connectivity index (χ4v) is 2.62. The van der Waals surface area contributed by atoms with Crippen molar-refractivity contribution in [3.8, 4) is 0 Å². The van der Waals surface area contributed by atoms with Gasteiger partial charge in [-0.2, -0.15) is 0 Å². The average molecular weight is 198 g/mol. The first kappa shape index (κ1) is 9.93. The molecule has 2 heterocycles. The summed E-state index contributed by atoms with van der Waals surface area (Å²) in [6.45, 7) is 3.48. The Hall–Kier alpha value is -0.610. The quantitative estimate of drug-likeness (QED) is 0.669. The Balaban J connectivity index is 2.15. The summed E-state index contributed by atoms with van der Waals surface area (Å²) < 4.78 is 0. The van der Waals surface area contributed by atoms with E-state index in [4.69, 9.17) is 0 Å². The molecule has 2 N–H and O–H groups in total. The van der Waals surface area contributed by atoms with Crippen molar-refractivity contribution in [2.75, 3.05) is 26.2 Å². The number of carboxylic acids is 1. The number of piperidine rings is 1. The van der Waals surface area contributed by atoms with Crippen LogP contribution in [-0.4, -0.2) is 47.7 Å². The van der Waals surface area contributed by atoms with Crippen molar-refractivity contribution in [1.29, 1.82) is 0 Å². The first-order chi connectivity index (χ1) is 6.76. The van der Waals surface area contributed by atoms with Gasteiger partial charge in [-0.15, -0.1) is 0 Å². The van der Waals surface area contributed by atoms with E-state index in [9.17, 15) is 9.90 Å². The molecule has 0 aromatic carbocycles. The SMILES string of the molecule is O=C(O)C1(N2CCCC2)CCCNC1. The van der Waals surface area contributed by atoms with Gasteiger partial charge in [-0.1, -0.05) is 0 Å². The molecule has 4 heteroatoms. The van der Waals surface area contributed by atoms with Gasteiger partial charge in [-0.25, -0.2) is 0 Å². The molecule has 1 atom stereocenters. The molecule has 2 fully saturated rings. The molecule has 0 aliphatic carbocycles. The van der Waals surface area contributed by atoms with E-state index >= 15 is 0 Å². The highest BCUT2D eigenvalue weighted by molar-refractivity contribution is 5.79. The lowest BCUT2D eigenvalue weighted by Crippen LogP contribution is -2.61.